The minimum atomic E-state index is -0.745. The number of hydrogen-bond donors (Lipinski definition) is 4. The van der Waals surface area contributed by atoms with Crippen LogP contribution in [0.15, 0.2) is 0 Å². The molecule has 0 atom stereocenters. The predicted molar refractivity (Wildman–Crippen MR) is 92.5 cm³/mol. The smallest absolute Gasteiger partial charge is 0.303 e. The molecule has 0 aliphatic rings. The number of rotatable bonds is 4. The van der Waals surface area contributed by atoms with Crippen molar-refractivity contribution in [3.63, 3.8) is 0 Å². The summed E-state index contributed by atoms with van der Waals surface area (Å²) in [6, 6.07) is 0. The molecule has 4 N–H and O–H groups in total. The van der Waals surface area contributed by atoms with Gasteiger partial charge >= 0.3 is 23.9 Å². The molecule has 0 bridgehead atoms. The second kappa shape index (κ2) is 31.8. The molecule has 0 amide bonds. The van der Waals surface area contributed by atoms with Crippen LogP contribution < -0.4 is 0 Å². The molecule has 0 aromatic carbocycles. The molecule has 0 saturated carbocycles. The highest BCUT2D eigenvalue weighted by Gasteiger charge is 1.82. The van der Waals surface area contributed by atoms with Crippen LogP contribution in [0.5, 0.6) is 0 Å². The maximum absolute atomic E-state index is 9.37. The van der Waals surface area contributed by atoms with E-state index in [-0.39, 0.29) is 52.7 Å². The molecule has 0 radical (unpaired) electrons. The molecule has 22 heavy (non-hydrogen) atoms. The van der Waals surface area contributed by atoms with E-state index in [1.54, 1.807) is 27.7 Å². The van der Waals surface area contributed by atoms with E-state index in [9.17, 15) is 19.2 Å². The summed E-state index contributed by atoms with van der Waals surface area (Å²) in [5, 5.41) is 30.9. The minimum Gasteiger partial charge on any atom is -0.481 e. The van der Waals surface area contributed by atoms with Crippen molar-refractivity contribution >= 4 is 50.9 Å². The third kappa shape index (κ3) is 133. The van der Waals surface area contributed by atoms with Gasteiger partial charge in [0.1, 0.15) is 0 Å². The zero-order valence-corrected chi connectivity index (χ0v) is 15.3. The van der Waals surface area contributed by atoms with Crippen LogP contribution in [0.4, 0.5) is 0 Å². The first-order valence-electron chi connectivity index (χ1n) is 5.95. The van der Waals surface area contributed by atoms with E-state index in [2.05, 4.69) is 0 Å². The van der Waals surface area contributed by atoms with Crippen LogP contribution in [0.3, 0.4) is 0 Å². The molecular formula is C12H28O8S2. The van der Waals surface area contributed by atoms with Crippen molar-refractivity contribution in [2.75, 3.05) is 0 Å². The van der Waals surface area contributed by atoms with Crippen LogP contribution in [0, 0.1) is 0 Å². The van der Waals surface area contributed by atoms with E-state index in [1.807, 2.05) is 0 Å². The Kier molecular flexibility index (Phi) is 53.6. The van der Waals surface area contributed by atoms with Crippen molar-refractivity contribution < 1.29 is 39.6 Å². The fourth-order valence-electron chi connectivity index (χ4n) is 0. The third-order valence-electron chi connectivity index (χ3n) is 1.21. The van der Waals surface area contributed by atoms with Crippen LogP contribution in [0.2, 0.25) is 0 Å². The Labute approximate surface area is 144 Å². The Hall–Kier alpha value is -1.42. The lowest BCUT2D eigenvalue weighted by Crippen LogP contribution is -1.86. The van der Waals surface area contributed by atoms with Gasteiger partial charge in [0.05, 0.1) is 0 Å². The maximum Gasteiger partial charge on any atom is 0.303 e. The van der Waals surface area contributed by atoms with Crippen LogP contribution in [-0.2, 0) is 19.2 Å². The van der Waals surface area contributed by atoms with Gasteiger partial charge in [-0.05, 0) is 0 Å². The standard InChI is InChI=1S/4C3H6O2.2H2S/c4*1-2-3(4)5;;/h4*2H2,1H3,(H,4,5);2*1H2. The van der Waals surface area contributed by atoms with Crippen LogP contribution in [0.1, 0.15) is 53.4 Å². The number of carboxylic acid groups (broad SMARTS) is 4. The maximum atomic E-state index is 9.37. The summed E-state index contributed by atoms with van der Waals surface area (Å²) in [4.78, 5) is 37.5. The molecule has 0 aromatic rings. The lowest BCUT2D eigenvalue weighted by atomic mass is 10.5. The molecule has 0 aliphatic heterocycles. The van der Waals surface area contributed by atoms with Crippen molar-refractivity contribution in [3.8, 4) is 0 Å². The second-order valence-electron chi connectivity index (χ2n) is 2.99. The fraction of sp³-hybridized carbons (Fsp3) is 0.667. The number of carbonyl (C=O) groups is 4. The highest BCUT2D eigenvalue weighted by molar-refractivity contribution is 7.59. The summed E-state index contributed by atoms with van der Waals surface area (Å²) in [5.74, 6) is -2.98. The van der Waals surface area contributed by atoms with Gasteiger partial charge in [-0.3, -0.25) is 19.2 Å². The zero-order chi connectivity index (χ0) is 17.1. The van der Waals surface area contributed by atoms with Gasteiger partial charge in [-0.15, -0.1) is 0 Å². The average Bonchev–Trinajstić information content (AvgIpc) is 2.40. The predicted octanol–water partition coefficient (Wildman–Crippen LogP) is 2.15. The zero-order valence-electron chi connectivity index (χ0n) is 13.3. The van der Waals surface area contributed by atoms with Crippen LogP contribution >= 0.6 is 27.0 Å². The molecule has 0 rings (SSSR count). The van der Waals surface area contributed by atoms with Gasteiger partial charge in [-0.25, -0.2) is 0 Å². The summed E-state index contributed by atoms with van der Waals surface area (Å²) in [6.45, 7) is 6.40. The Bertz CT molecular complexity index is 226. The fourth-order valence-corrected chi connectivity index (χ4v) is 0. The Balaban J connectivity index is -0.0000000376. The first-order valence-corrected chi connectivity index (χ1v) is 5.95. The molecule has 0 heterocycles. The molecule has 0 fully saturated rings. The third-order valence-corrected chi connectivity index (χ3v) is 1.21. The van der Waals surface area contributed by atoms with Gasteiger partial charge in [-0.1, -0.05) is 27.7 Å². The van der Waals surface area contributed by atoms with Gasteiger partial charge in [0.25, 0.3) is 0 Å². The monoisotopic (exact) mass is 364 g/mol. The molecule has 10 heteroatoms. The van der Waals surface area contributed by atoms with Gasteiger partial charge in [-0.2, -0.15) is 27.0 Å². The van der Waals surface area contributed by atoms with Crippen molar-refractivity contribution in [3.05, 3.63) is 0 Å². The van der Waals surface area contributed by atoms with Gasteiger partial charge < -0.3 is 20.4 Å². The number of carboxylic acids is 4. The molecule has 0 saturated heterocycles. The topological polar surface area (TPSA) is 149 Å². The summed E-state index contributed by atoms with van der Waals surface area (Å²) < 4.78 is 0. The summed E-state index contributed by atoms with van der Waals surface area (Å²) in [5.41, 5.74) is 0. The van der Waals surface area contributed by atoms with Gasteiger partial charge in [0.2, 0.25) is 0 Å². The Morgan fingerprint density at radius 3 is 0.545 bits per heavy atom. The van der Waals surface area contributed by atoms with Gasteiger partial charge in [0, 0.05) is 25.7 Å². The quantitative estimate of drug-likeness (QED) is 0.592. The highest BCUT2D eigenvalue weighted by Crippen LogP contribution is 1.68. The Morgan fingerprint density at radius 1 is 0.500 bits per heavy atom. The second-order valence-corrected chi connectivity index (χ2v) is 2.99. The first kappa shape index (κ1) is 37.1. The molecule has 0 aliphatic carbocycles. The van der Waals surface area contributed by atoms with E-state index in [0.29, 0.717) is 0 Å². The van der Waals surface area contributed by atoms with Gasteiger partial charge in [0.15, 0.2) is 0 Å². The minimum absolute atomic E-state index is 0. The lowest BCUT2D eigenvalue weighted by Gasteiger charge is -1.71. The van der Waals surface area contributed by atoms with Crippen molar-refractivity contribution in [1.82, 2.24) is 0 Å². The summed E-state index contributed by atoms with van der Waals surface area (Å²) >= 11 is 0. The summed E-state index contributed by atoms with van der Waals surface area (Å²) in [6.07, 6.45) is 0.889. The SMILES string of the molecule is CCC(=O)O.CCC(=O)O.CCC(=O)O.CCC(=O)O.S.S. The van der Waals surface area contributed by atoms with E-state index in [0.717, 1.165) is 0 Å². The normalized spacial score (nSPS) is 6.73. The van der Waals surface area contributed by atoms with Crippen LogP contribution in [-0.4, -0.2) is 44.3 Å². The lowest BCUT2D eigenvalue weighted by molar-refractivity contribution is -0.137. The number of hydrogen-bond acceptors (Lipinski definition) is 4. The summed E-state index contributed by atoms with van der Waals surface area (Å²) in [7, 11) is 0. The van der Waals surface area contributed by atoms with Crippen LogP contribution in [0.25, 0.3) is 0 Å². The molecule has 0 spiro atoms. The Morgan fingerprint density at radius 2 is 0.545 bits per heavy atom. The van der Waals surface area contributed by atoms with E-state index in [1.165, 1.54) is 0 Å². The van der Waals surface area contributed by atoms with Crippen molar-refractivity contribution in [2.45, 2.75) is 53.4 Å². The molecule has 8 nitrogen and oxygen atoms in total. The largest absolute Gasteiger partial charge is 0.481 e. The molecular weight excluding hydrogens is 336 g/mol. The highest BCUT2D eigenvalue weighted by atomic mass is 32.1. The number of aliphatic carboxylic acids is 4. The molecule has 0 aromatic heterocycles. The average molecular weight is 364 g/mol. The first-order chi connectivity index (χ1) is 9.08. The molecule has 136 valence electrons. The molecule has 0 unspecified atom stereocenters. The van der Waals surface area contributed by atoms with Crippen molar-refractivity contribution in [1.29, 1.82) is 0 Å². The van der Waals surface area contributed by atoms with E-state index < -0.39 is 23.9 Å². The van der Waals surface area contributed by atoms with Crippen molar-refractivity contribution in [2.24, 2.45) is 0 Å². The van der Waals surface area contributed by atoms with E-state index in [4.69, 9.17) is 20.4 Å². The van der Waals surface area contributed by atoms with E-state index >= 15 is 0 Å².